The van der Waals surface area contributed by atoms with Crippen LogP contribution in [0.1, 0.15) is 5.56 Å². The van der Waals surface area contributed by atoms with Crippen molar-refractivity contribution in [3.8, 4) is 5.75 Å². The van der Waals surface area contributed by atoms with E-state index in [1.54, 1.807) is 13.0 Å². The molecule has 1 saturated heterocycles. The van der Waals surface area contributed by atoms with Crippen molar-refractivity contribution in [1.82, 2.24) is 9.62 Å². The smallest absolute Gasteiger partial charge is 0.243 e. The number of sulfonamides is 1. The van der Waals surface area contributed by atoms with Gasteiger partial charge in [-0.25, -0.2) is 8.42 Å². The molecular weight excluding hydrogens is 323 g/mol. The number of benzene rings is 1. The van der Waals surface area contributed by atoms with Crippen LogP contribution in [0.25, 0.3) is 0 Å². The van der Waals surface area contributed by atoms with Crippen molar-refractivity contribution in [3.63, 3.8) is 0 Å². The molecule has 0 aromatic heterocycles. The summed E-state index contributed by atoms with van der Waals surface area (Å²) in [5.41, 5.74) is 0.639. The zero-order valence-corrected chi connectivity index (χ0v) is 13.7. The van der Waals surface area contributed by atoms with Crippen molar-refractivity contribution in [2.24, 2.45) is 0 Å². The maximum absolute atomic E-state index is 12.6. The van der Waals surface area contributed by atoms with Gasteiger partial charge in [0.2, 0.25) is 10.0 Å². The molecule has 8 heteroatoms. The number of piperazine rings is 1. The molecule has 5 nitrogen and oxygen atoms in total. The first kappa shape index (κ1) is 17.5. The fraction of sp³-hybridized carbons (Fsp3) is 0.500. The number of halogens is 2. The molecule has 1 N–H and O–H groups in total. The van der Waals surface area contributed by atoms with Crippen molar-refractivity contribution in [3.05, 3.63) is 22.7 Å². The highest BCUT2D eigenvalue weighted by molar-refractivity contribution is 7.89. The lowest BCUT2D eigenvalue weighted by atomic mass is 10.2. The molecule has 0 spiro atoms. The molecule has 1 aromatic rings. The lowest BCUT2D eigenvalue weighted by Crippen LogP contribution is -2.46. The molecule has 1 heterocycles. The van der Waals surface area contributed by atoms with Crippen molar-refractivity contribution >= 4 is 34.0 Å². The van der Waals surface area contributed by atoms with Crippen molar-refractivity contribution in [2.45, 2.75) is 11.8 Å². The summed E-state index contributed by atoms with van der Waals surface area (Å²) in [6.07, 6.45) is 0. The van der Waals surface area contributed by atoms with Crippen LogP contribution >= 0.6 is 24.0 Å². The third-order valence-electron chi connectivity index (χ3n) is 3.14. The van der Waals surface area contributed by atoms with Crippen molar-refractivity contribution < 1.29 is 13.2 Å². The van der Waals surface area contributed by atoms with E-state index >= 15 is 0 Å². The third kappa shape index (κ3) is 3.38. The number of nitrogens with zero attached hydrogens (tertiary/aromatic N) is 1. The molecule has 0 saturated carbocycles. The number of nitrogens with one attached hydrogen (secondary N) is 1. The second kappa shape index (κ2) is 6.95. The van der Waals surface area contributed by atoms with E-state index in [-0.39, 0.29) is 17.3 Å². The van der Waals surface area contributed by atoms with Gasteiger partial charge in [-0.05, 0) is 24.6 Å². The van der Waals surface area contributed by atoms with E-state index in [2.05, 4.69) is 5.32 Å². The van der Waals surface area contributed by atoms with Gasteiger partial charge < -0.3 is 10.1 Å². The van der Waals surface area contributed by atoms with Gasteiger partial charge in [0.25, 0.3) is 0 Å². The summed E-state index contributed by atoms with van der Waals surface area (Å²) in [5.74, 6) is 0.485. The van der Waals surface area contributed by atoms with Crippen LogP contribution < -0.4 is 10.1 Å². The van der Waals surface area contributed by atoms with E-state index < -0.39 is 10.0 Å². The van der Waals surface area contributed by atoms with Crippen LogP contribution in [0.4, 0.5) is 0 Å². The van der Waals surface area contributed by atoms with Gasteiger partial charge in [0, 0.05) is 26.2 Å². The Morgan fingerprint density at radius 3 is 2.45 bits per heavy atom. The lowest BCUT2D eigenvalue weighted by molar-refractivity contribution is 0.360. The van der Waals surface area contributed by atoms with Crippen LogP contribution in [0.3, 0.4) is 0 Å². The minimum atomic E-state index is -3.49. The maximum atomic E-state index is 12.6. The average molecular weight is 341 g/mol. The Balaban J connectivity index is 0.00000200. The number of hydrogen-bond acceptors (Lipinski definition) is 4. The zero-order valence-electron chi connectivity index (χ0n) is 11.3. The summed E-state index contributed by atoms with van der Waals surface area (Å²) in [6.45, 7) is 4.04. The quantitative estimate of drug-likeness (QED) is 0.909. The molecule has 0 unspecified atom stereocenters. The number of aryl methyl sites for hydroxylation is 1. The Hall–Kier alpha value is -0.530. The van der Waals surface area contributed by atoms with Crippen molar-refractivity contribution in [2.75, 3.05) is 33.3 Å². The van der Waals surface area contributed by atoms with Gasteiger partial charge in [-0.15, -0.1) is 12.4 Å². The minimum Gasteiger partial charge on any atom is -0.495 e. The molecule has 1 aromatic carbocycles. The summed E-state index contributed by atoms with van der Waals surface area (Å²) >= 11 is 6.03. The van der Waals surface area contributed by atoms with Gasteiger partial charge in [-0.2, -0.15) is 4.31 Å². The summed E-state index contributed by atoms with van der Waals surface area (Å²) in [4.78, 5) is 0.250. The predicted molar refractivity (Wildman–Crippen MR) is 81.6 cm³/mol. The summed E-state index contributed by atoms with van der Waals surface area (Å²) in [5, 5.41) is 3.44. The van der Waals surface area contributed by atoms with E-state index in [9.17, 15) is 8.42 Å². The Kier molecular flexibility index (Phi) is 6.09. The summed E-state index contributed by atoms with van der Waals surface area (Å²) in [6, 6.07) is 3.12. The zero-order chi connectivity index (χ0) is 14.0. The predicted octanol–water partition coefficient (Wildman–Crippen LogP) is 1.67. The van der Waals surface area contributed by atoms with E-state index in [1.807, 2.05) is 0 Å². The Morgan fingerprint density at radius 1 is 1.30 bits per heavy atom. The molecule has 0 radical (unpaired) electrons. The molecular formula is C12H18Cl2N2O3S. The van der Waals surface area contributed by atoms with E-state index in [1.165, 1.54) is 17.5 Å². The summed E-state index contributed by atoms with van der Waals surface area (Å²) < 4.78 is 31.7. The minimum absolute atomic E-state index is 0. The van der Waals surface area contributed by atoms with Crippen LogP contribution in [0.15, 0.2) is 17.0 Å². The monoisotopic (exact) mass is 340 g/mol. The van der Waals surface area contributed by atoms with E-state index in [0.29, 0.717) is 42.5 Å². The second-order valence-corrected chi connectivity index (χ2v) is 6.72. The number of ether oxygens (including phenoxy) is 1. The molecule has 2 rings (SSSR count). The first-order valence-corrected chi connectivity index (χ1v) is 7.83. The highest BCUT2D eigenvalue weighted by Crippen LogP contribution is 2.31. The highest BCUT2D eigenvalue weighted by atomic mass is 35.5. The number of hydrogen-bond donors (Lipinski definition) is 1. The molecule has 0 bridgehead atoms. The van der Waals surface area contributed by atoms with Crippen LogP contribution in [0.2, 0.25) is 5.02 Å². The van der Waals surface area contributed by atoms with E-state index in [0.717, 1.165) is 0 Å². The number of rotatable bonds is 3. The van der Waals surface area contributed by atoms with Gasteiger partial charge in [-0.3, -0.25) is 0 Å². The van der Waals surface area contributed by atoms with Crippen LogP contribution in [-0.2, 0) is 10.0 Å². The maximum Gasteiger partial charge on any atom is 0.243 e. The van der Waals surface area contributed by atoms with Gasteiger partial charge in [0.1, 0.15) is 5.75 Å². The fourth-order valence-electron chi connectivity index (χ4n) is 2.09. The Bertz CT molecular complexity index is 572. The van der Waals surface area contributed by atoms with Crippen LogP contribution in [-0.4, -0.2) is 46.0 Å². The van der Waals surface area contributed by atoms with Gasteiger partial charge in [0.15, 0.2) is 0 Å². The Labute approximate surface area is 130 Å². The topological polar surface area (TPSA) is 58.6 Å². The van der Waals surface area contributed by atoms with Gasteiger partial charge in [-0.1, -0.05) is 11.6 Å². The molecule has 0 aliphatic carbocycles. The normalized spacial score (nSPS) is 16.6. The largest absolute Gasteiger partial charge is 0.495 e. The van der Waals surface area contributed by atoms with Crippen LogP contribution in [0, 0.1) is 6.92 Å². The van der Waals surface area contributed by atoms with Gasteiger partial charge >= 0.3 is 0 Å². The SMILES string of the molecule is COc1cc(C)c(S(=O)(=O)N2CCNCC2)cc1Cl.Cl. The fourth-order valence-corrected chi connectivity index (χ4v) is 4.07. The standard InChI is InChI=1S/C12H17ClN2O3S.ClH/c1-9-7-11(18-2)10(13)8-12(9)19(16,17)15-5-3-14-4-6-15;/h7-8,14H,3-6H2,1-2H3;1H. The summed E-state index contributed by atoms with van der Waals surface area (Å²) in [7, 11) is -1.98. The molecule has 0 amide bonds. The third-order valence-corrected chi connectivity index (χ3v) is 5.48. The van der Waals surface area contributed by atoms with E-state index in [4.69, 9.17) is 16.3 Å². The Morgan fingerprint density at radius 2 is 1.90 bits per heavy atom. The first-order chi connectivity index (χ1) is 8.96. The highest BCUT2D eigenvalue weighted by Gasteiger charge is 2.28. The molecule has 114 valence electrons. The van der Waals surface area contributed by atoms with Crippen molar-refractivity contribution in [1.29, 1.82) is 0 Å². The molecule has 0 atom stereocenters. The lowest BCUT2D eigenvalue weighted by Gasteiger charge is -2.27. The number of methoxy groups -OCH3 is 1. The average Bonchev–Trinajstić information content (AvgIpc) is 2.41. The van der Waals surface area contributed by atoms with Gasteiger partial charge in [0.05, 0.1) is 17.0 Å². The van der Waals surface area contributed by atoms with Crippen LogP contribution in [0.5, 0.6) is 5.75 Å². The molecule has 1 aliphatic rings. The molecule has 1 aliphatic heterocycles. The molecule has 20 heavy (non-hydrogen) atoms. The molecule has 1 fully saturated rings. The second-order valence-electron chi connectivity index (χ2n) is 4.41. The first-order valence-electron chi connectivity index (χ1n) is 6.02.